The van der Waals surface area contributed by atoms with Crippen molar-refractivity contribution in [3.8, 4) is 0 Å². The van der Waals surface area contributed by atoms with Crippen molar-refractivity contribution in [2.45, 2.75) is 31.4 Å². The summed E-state index contributed by atoms with van der Waals surface area (Å²) in [5, 5.41) is 2.08. The molecule has 1 spiro atoms. The first kappa shape index (κ1) is 16.7. The standard InChI is InChI=1S/C19H23N3O2S/c23-18-19(8-4-5-9-22(18)17-6-2-1-3-7-17)14-21(10-11-24-19)12-16-13-25-15-20-16/h1-3,6-7,13,15H,4-5,8-12,14H2. The van der Waals surface area contributed by atoms with Crippen molar-refractivity contribution in [3.63, 3.8) is 0 Å². The van der Waals surface area contributed by atoms with E-state index in [1.807, 2.05) is 40.7 Å². The Balaban J connectivity index is 1.56. The molecule has 3 heterocycles. The third-order valence-electron chi connectivity index (χ3n) is 5.05. The third-order valence-corrected chi connectivity index (χ3v) is 5.68. The van der Waals surface area contributed by atoms with Crippen molar-refractivity contribution >= 4 is 22.9 Å². The Hall–Kier alpha value is -1.76. The van der Waals surface area contributed by atoms with Crippen LogP contribution >= 0.6 is 11.3 Å². The Morgan fingerprint density at radius 1 is 1.20 bits per heavy atom. The second-order valence-electron chi connectivity index (χ2n) is 6.78. The number of para-hydroxylation sites is 1. The monoisotopic (exact) mass is 357 g/mol. The second kappa shape index (κ2) is 7.23. The zero-order valence-electron chi connectivity index (χ0n) is 14.3. The second-order valence-corrected chi connectivity index (χ2v) is 7.50. The fourth-order valence-corrected chi connectivity index (χ4v) is 4.36. The van der Waals surface area contributed by atoms with Gasteiger partial charge in [-0.15, -0.1) is 11.3 Å². The molecule has 0 saturated carbocycles. The van der Waals surface area contributed by atoms with Gasteiger partial charge in [0.05, 0.1) is 17.8 Å². The van der Waals surface area contributed by atoms with Gasteiger partial charge in [0.2, 0.25) is 0 Å². The number of aromatic nitrogens is 1. The van der Waals surface area contributed by atoms with Gasteiger partial charge in [-0.25, -0.2) is 4.98 Å². The molecule has 25 heavy (non-hydrogen) atoms. The highest BCUT2D eigenvalue weighted by atomic mass is 32.1. The van der Waals surface area contributed by atoms with Gasteiger partial charge in [-0.1, -0.05) is 18.2 Å². The van der Waals surface area contributed by atoms with E-state index in [4.69, 9.17) is 4.74 Å². The molecule has 1 atom stereocenters. The molecule has 4 rings (SSSR count). The van der Waals surface area contributed by atoms with Crippen LogP contribution in [0.2, 0.25) is 0 Å². The minimum Gasteiger partial charge on any atom is -0.362 e. The summed E-state index contributed by atoms with van der Waals surface area (Å²) in [5.41, 5.74) is 3.18. The first-order valence-electron chi connectivity index (χ1n) is 8.87. The molecule has 132 valence electrons. The van der Waals surface area contributed by atoms with E-state index in [0.717, 1.165) is 50.3 Å². The van der Waals surface area contributed by atoms with Crippen molar-refractivity contribution in [1.29, 1.82) is 0 Å². The van der Waals surface area contributed by atoms with Crippen LogP contribution in [-0.4, -0.2) is 47.6 Å². The first-order chi connectivity index (χ1) is 12.3. The third kappa shape index (κ3) is 3.47. The Morgan fingerprint density at radius 3 is 2.88 bits per heavy atom. The fraction of sp³-hybridized carbons (Fsp3) is 0.474. The van der Waals surface area contributed by atoms with Crippen molar-refractivity contribution < 1.29 is 9.53 Å². The number of amides is 1. The summed E-state index contributed by atoms with van der Waals surface area (Å²) in [6, 6.07) is 9.96. The average Bonchev–Trinajstić information content (AvgIpc) is 3.10. The van der Waals surface area contributed by atoms with Gasteiger partial charge in [0.1, 0.15) is 0 Å². The molecule has 0 radical (unpaired) electrons. The molecule has 2 aliphatic rings. The highest BCUT2D eigenvalue weighted by Gasteiger charge is 2.47. The predicted octanol–water partition coefficient (Wildman–Crippen LogP) is 2.93. The maximum atomic E-state index is 13.4. The first-order valence-corrected chi connectivity index (χ1v) is 9.82. The maximum absolute atomic E-state index is 13.4. The highest BCUT2D eigenvalue weighted by molar-refractivity contribution is 7.07. The van der Waals surface area contributed by atoms with Crippen LogP contribution in [0.5, 0.6) is 0 Å². The van der Waals surface area contributed by atoms with E-state index >= 15 is 0 Å². The lowest BCUT2D eigenvalue weighted by Crippen LogP contribution is -2.59. The molecule has 2 saturated heterocycles. The largest absolute Gasteiger partial charge is 0.362 e. The number of thiazole rings is 1. The van der Waals surface area contributed by atoms with Gasteiger partial charge in [0, 0.05) is 37.2 Å². The normalized spacial score (nSPS) is 25.3. The van der Waals surface area contributed by atoms with Gasteiger partial charge in [-0.3, -0.25) is 9.69 Å². The van der Waals surface area contributed by atoms with E-state index in [2.05, 4.69) is 15.3 Å². The molecule has 0 aliphatic carbocycles. The molecule has 1 unspecified atom stereocenters. The Kier molecular flexibility index (Phi) is 4.83. The molecule has 1 amide bonds. The molecule has 1 aromatic heterocycles. The Morgan fingerprint density at radius 2 is 2.08 bits per heavy atom. The van der Waals surface area contributed by atoms with Crippen LogP contribution in [-0.2, 0) is 16.1 Å². The molecule has 0 N–H and O–H groups in total. The number of ether oxygens (including phenoxy) is 1. The maximum Gasteiger partial charge on any atom is 0.260 e. The lowest BCUT2D eigenvalue weighted by molar-refractivity contribution is -0.158. The minimum atomic E-state index is -0.722. The molecule has 5 nitrogen and oxygen atoms in total. The Labute approximate surface area is 152 Å². The number of carbonyl (C=O) groups is 1. The number of carbonyl (C=O) groups excluding carboxylic acids is 1. The number of rotatable bonds is 3. The molecule has 2 aromatic rings. The summed E-state index contributed by atoms with van der Waals surface area (Å²) < 4.78 is 6.15. The van der Waals surface area contributed by atoms with Gasteiger partial charge in [0.25, 0.3) is 5.91 Å². The van der Waals surface area contributed by atoms with E-state index in [1.54, 1.807) is 11.3 Å². The lowest BCUT2D eigenvalue weighted by atomic mass is 9.94. The summed E-state index contributed by atoms with van der Waals surface area (Å²) in [5.74, 6) is 0.110. The lowest BCUT2D eigenvalue weighted by Gasteiger charge is -2.42. The highest BCUT2D eigenvalue weighted by Crippen LogP contribution is 2.32. The predicted molar refractivity (Wildman–Crippen MR) is 98.7 cm³/mol. The zero-order valence-corrected chi connectivity index (χ0v) is 15.1. The van der Waals surface area contributed by atoms with Gasteiger partial charge in [-0.2, -0.15) is 0 Å². The van der Waals surface area contributed by atoms with Gasteiger partial charge in [-0.05, 0) is 31.4 Å². The van der Waals surface area contributed by atoms with Crippen LogP contribution in [0.15, 0.2) is 41.2 Å². The van der Waals surface area contributed by atoms with Gasteiger partial charge in [0.15, 0.2) is 5.60 Å². The average molecular weight is 357 g/mol. The van der Waals surface area contributed by atoms with Crippen LogP contribution in [0.4, 0.5) is 5.69 Å². The minimum absolute atomic E-state index is 0.110. The number of hydrogen-bond acceptors (Lipinski definition) is 5. The topological polar surface area (TPSA) is 45.7 Å². The summed E-state index contributed by atoms with van der Waals surface area (Å²) in [6.07, 6.45) is 2.82. The van der Waals surface area contributed by atoms with Gasteiger partial charge >= 0.3 is 0 Å². The fourth-order valence-electron chi connectivity index (χ4n) is 3.81. The molecular formula is C19H23N3O2S. The van der Waals surface area contributed by atoms with E-state index in [0.29, 0.717) is 13.2 Å². The number of anilines is 1. The quantitative estimate of drug-likeness (QED) is 0.847. The zero-order chi connectivity index (χ0) is 17.1. The van der Waals surface area contributed by atoms with Crippen molar-refractivity contribution in [1.82, 2.24) is 9.88 Å². The van der Waals surface area contributed by atoms with Crippen LogP contribution < -0.4 is 4.90 Å². The molecule has 6 heteroatoms. The van der Waals surface area contributed by atoms with E-state index < -0.39 is 5.60 Å². The number of benzene rings is 1. The molecule has 1 aromatic carbocycles. The number of hydrogen-bond donors (Lipinski definition) is 0. The van der Waals surface area contributed by atoms with Crippen LogP contribution in [0.3, 0.4) is 0 Å². The van der Waals surface area contributed by atoms with Crippen LogP contribution in [0.1, 0.15) is 25.0 Å². The number of morpholine rings is 1. The van der Waals surface area contributed by atoms with E-state index in [9.17, 15) is 4.79 Å². The molecule has 2 fully saturated rings. The van der Waals surface area contributed by atoms with Gasteiger partial charge < -0.3 is 9.64 Å². The van der Waals surface area contributed by atoms with Crippen molar-refractivity contribution in [2.75, 3.05) is 31.1 Å². The SMILES string of the molecule is O=C1N(c2ccccc2)CCCCC12CN(Cc1cscn1)CCO2. The van der Waals surface area contributed by atoms with Crippen molar-refractivity contribution in [2.24, 2.45) is 0 Å². The van der Waals surface area contributed by atoms with Crippen LogP contribution in [0, 0.1) is 0 Å². The van der Waals surface area contributed by atoms with E-state index in [1.165, 1.54) is 0 Å². The van der Waals surface area contributed by atoms with Crippen molar-refractivity contribution in [3.05, 3.63) is 46.9 Å². The smallest absolute Gasteiger partial charge is 0.260 e. The number of nitrogens with zero attached hydrogens (tertiary/aromatic N) is 3. The summed E-state index contributed by atoms with van der Waals surface area (Å²) >= 11 is 1.61. The summed E-state index contributed by atoms with van der Waals surface area (Å²) in [7, 11) is 0. The molecule has 0 bridgehead atoms. The van der Waals surface area contributed by atoms with Crippen LogP contribution in [0.25, 0.3) is 0 Å². The Bertz CT molecular complexity index is 707. The summed E-state index contributed by atoms with van der Waals surface area (Å²) in [6.45, 7) is 3.64. The summed E-state index contributed by atoms with van der Waals surface area (Å²) in [4.78, 5) is 22.0. The van der Waals surface area contributed by atoms with E-state index in [-0.39, 0.29) is 5.91 Å². The molecular weight excluding hydrogens is 334 g/mol. The molecule has 2 aliphatic heterocycles.